The quantitative estimate of drug-likeness (QED) is 0.719. The van der Waals surface area contributed by atoms with E-state index in [0.717, 1.165) is 11.3 Å². The third-order valence-corrected chi connectivity index (χ3v) is 2.90. The van der Waals surface area contributed by atoms with Gasteiger partial charge in [-0.2, -0.15) is 4.98 Å². The molecule has 3 rings (SSSR count). The zero-order chi connectivity index (χ0) is 14.7. The van der Waals surface area contributed by atoms with Crippen LogP contribution >= 0.6 is 0 Å². The van der Waals surface area contributed by atoms with Crippen LogP contribution in [-0.4, -0.2) is 15.2 Å². The minimum Gasteiger partial charge on any atom is -0.508 e. The molecule has 3 aromatic rings. The fourth-order valence-corrected chi connectivity index (χ4v) is 1.84. The van der Waals surface area contributed by atoms with Gasteiger partial charge in [-0.15, -0.1) is 0 Å². The second-order valence-corrected chi connectivity index (χ2v) is 4.51. The Labute approximate surface area is 121 Å². The first kappa shape index (κ1) is 12.9. The zero-order valence-electron chi connectivity index (χ0n) is 11.1. The lowest BCUT2D eigenvalue weighted by Crippen LogP contribution is -1.82. The first-order chi connectivity index (χ1) is 10.2. The number of anilines is 1. The maximum absolute atomic E-state index is 9.45. The lowest BCUT2D eigenvalue weighted by Gasteiger charge is -1.94. The van der Waals surface area contributed by atoms with E-state index in [1.807, 2.05) is 30.3 Å². The van der Waals surface area contributed by atoms with E-state index in [-0.39, 0.29) is 5.75 Å². The highest BCUT2D eigenvalue weighted by atomic mass is 16.5. The van der Waals surface area contributed by atoms with Crippen LogP contribution in [0.25, 0.3) is 23.5 Å². The summed E-state index contributed by atoms with van der Waals surface area (Å²) < 4.78 is 5.15. The van der Waals surface area contributed by atoms with Crippen molar-refractivity contribution in [1.29, 1.82) is 0 Å². The van der Waals surface area contributed by atoms with Gasteiger partial charge in [0.15, 0.2) is 0 Å². The molecule has 3 N–H and O–H groups in total. The highest BCUT2D eigenvalue weighted by Crippen LogP contribution is 2.21. The van der Waals surface area contributed by atoms with Gasteiger partial charge in [-0.25, -0.2) is 0 Å². The number of hydrogen-bond donors (Lipinski definition) is 2. The summed E-state index contributed by atoms with van der Waals surface area (Å²) in [7, 11) is 0. The predicted octanol–water partition coefficient (Wildman–Crippen LogP) is 3.19. The van der Waals surface area contributed by atoms with Gasteiger partial charge >= 0.3 is 0 Å². The first-order valence-electron chi connectivity index (χ1n) is 6.37. The van der Waals surface area contributed by atoms with Crippen LogP contribution in [-0.2, 0) is 0 Å². The second-order valence-electron chi connectivity index (χ2n) is 4.51. The summed E-state index contributed by atoms with van der Waals surface area (Å²) in [6.07, 6.45) is 3.59. The molecule has 0 saturated carbocycles. The first-order valence-corrected chi connectivity index (χ1v) is 6.37. The maximum Gasteiger partial charge on any atom is 0.250 e. The van der Waals surface area contributed by atoms with E-state index >= 15 is 0 Å². The third-order valence-electron chi connectivity index (χ3n) is 2.90. The Kier molecular flexibility index (Phi) is 3.39. The molecule has 5 nitrogen and oxygen atoms in total. The van der Waals surface area contributed by atoms with Crippen LogP contribution in [0.1, 0.15) is 11.5 Å². The number of aromatic hydroxyl groups is 1. The van der Waals surface area contributed by atoms with Crippen LogP contribution in [0.4, 0.5) is 5.69 Å². The number of benzene rings is 2. The molecule has 2 aromatic carbocycles. The molecule has 0 atom stereocenters. The van der Waals surface area contributed by atoms with Gasteiger partial charge < -0.3 is 15.4 Å². The molecule has 0 radical (unpaired) electrons. The fourth-order valence-electron chi connectivity index (χ4n) is 1.84. The van der Waals surface area contributed by atoms with Crippen LogP contribution in [0.3, 0.4) is 0 Å². The number of nitrogen functional groups attached to an aromatic ring is 1. The van der Waals surface area contributed by atoms with E-state index in [2.05, 4.69) is 10.1 Å². The molecule has 0 unspecified atom stereocenters. The third kappa shape index (κ3) is 3.09. The maximum atomic E-state index is 9.45. The molecular weight excluding hydrogens is 266 g/mol. The van der Waals surface area contributed by atoms with Crippen LogP contribution in [0, 0.1) is 0 Å². The standard InChI is InChI=1S/C16H13N3O2/c17-13-7-4-11(5-8-13)6-9-15-18-16(19-21-15)12-2-1-3-14(20)10-12/h1-10,20H,17H2/b9-6+. The van der Waals surface area contributed by atoms with Gasteiger partial charge in [0.2, 0.25) is 5.82 Å². The van der Waals surface area contributed by atoms with E-state index in [9.17, 15) is 5.11 Å². The highest BCUT2D eigenvalue weighted by Gasteiger charge is 2.06. The molecule has 0 fully saturated rings. The summed E-state index contributed by atoms with van der Waals surface area (Å²) >= 11 is 0. The molecule has 5 heteroatoms. The van der Waals surface area contributed by atoms with Gasteiger partial charge in [0.05, 0.1) is 0 Å². The van der Waals surface area contributed by atoms with E-state index in [1.54, 1.807) is 30.3 Å². The van der Waals surface area contributed by atoms with Gasteiger partial charge in [0, 0.05) is 17.3 Å². The van der Waals surface area contributed by atoms with Crippen molar-refractivity contribution in [3.05, 3.63) is 60.0 Å². The minimum atomic E-state index is 0.163. The molecule has 0 amide bonds. The highest BCUT2D eigenvalue weighted by molar-refractivity contribution is 5.68. The van der Waals surface area contributed by atoms with E-state index in [1.165, 1.54) is 0 Å². The smallest absolute Gasteiger partial charge is 0.250 e. The van der Waals surface area contributed by atoms with Crippen LogP contribution in [0.5, 0.6) is 5.75 Å². The number of phenols is 1. The number of phenolic OH excluding ortho intramolecular Hbond substituents is 1. The number of aromatic nitrogens is 2. The summed E-state index contributed by atoms with van der Waals surface area (Å²) in [4.78, 5) is 4.25. The zero-order valence-corrected chi connectivity index (χ0v) is 11.1. The van der Waals surface area contributed by atoms with Gasteiger partial charge in [-0.05, 0) is 35.9 Å². The van der Waals surface area contributed by atoms with Crippen molar-refractivity contribution in [3.63, 3.8) is 0 Å². The Bertz CT molecular complexity index is 776. The van der Waals surface area contributed by atoms with Crippen molar-refractivity contribution in [2.45, 2.75) is 0 Å². The van der Waals surface area contributed by atoms with E-state index in [4.69, 9.17) is 10.3 Å². The normalized spacial score (nSPS) is 11.0. The Morgan fingerprint density at radius 3 is 2.62 bits per heavy atom. The van der Waals surface area contributed by atoms with Crippen molar-refractivity contribution in [2.24, 2.45) is 0 Å². The van der Waals surface area contributed by atoms with Crippen molar-refractivity contribution in [1.82, 2.24) is 10.1 Å². The van der Waals surface area contributed by atoms with Crippen molar-refractivity contribution < 1.29 is 9.63 Å². The van der Waals surface area contributed by atoms with E-state index < -0.39 is 0 Å². The summed E-state index contributed by atoms with van der Waals surface area (Å²) in [6, 6.07) is 14.2. The molecule has 0 aliphatic heterocycles. The molecule has 1 heterocycles. The molecule has 0 bridgehead atoms. The predicted molar refractivity (Wildman–Crippen MR) is 81.2 cm³/mol. The average molecular weight is 279 g/mol. The number of nitrogens with zero attached hydrogens (tertiary/aromatic N) is 2. The SMILES string of the molecule is Nc1ccc(/C=C/c2nc(-c3cccc(O)c3)no2)cc1. The van der Waals surface area contributed by atoms with Gasteiger partial charge in [0.1, 0.15) is 5.75 Å². The topological polar surface area (TPSA) is 85.2 Å². The van der Waals surface area contributed by atoms with Crippen LogP contribution < -0.4 is 5.73 Å². The number of hydrogen-bond acceptors (Lipinski definition) is 5. The van der Waals surface area contributed by atoms with Gasteiger partial charge in [-0.1, -0.05) is 29.4 Å². The lowest BCUT2D eigenvalue weighted by molar-refractivity contribution is 0.411. The summed E-state index contributed by atoms with van der Waals surface area (Å²) in [6.45, 7) is 0. The molecule has 21 heavy (non-hydrogen) atoms. The van der Waals surface area contributed by atoms with E-state index in [0.29, 0.717) is 17.3 Å². The van der Waals surface area contributed by atoms with Crippen molar-refractivity contribution in [2.75, 3.05) is 5.73 Å². The Morgan fingerprint density at radius 2 is 1.86 bits per heavy atom. The van der Waals surface area contributed by atoms with Crippen molar-refractivity contribution in [3.8, 4) is 17.1 Å². The van der Waals surface area contributed by atoms with Crippen LogP contribution in [0.15, 0.2) is 53.1 Å². The van der Waals surface area contributed by atoms with Crippen LogP contribution in [0.2, 0.25) is 0 Å². The molecule has 0 aliphatic rings. The fraction of sp³-hybridized carbons (Fsp3) is 0. The molecule has 0 spiro atoms. The Morgan fingerprint density at radius 1 is 1.05 bits per heavy atom. The molecule has 0 aliphatic carbocycles. The molecular formula is C16H13N3O2. The van der Waals surface area contributed by atoms with Gasteiger partial charge in [-0.3, -0.25) is 0 Å². The molecule has 1 aromatic heterocycles. The number of nitrogens with two attached hydrogens (primary N) is 1. The minimum absolute atomic E-state index is 0.163. The molecule has 104 valence electrons. The van der Waals surface area contributed by atoms with Crippen molar-refractivity contribution >= 4 is 17.8 Å². The average Bonchev–Trinajstić information content (AvgIpc) is 2.96. The molecule has 0 saturated heterocycles. The summed E-state index contributed by atoms with van der Waals surface area (Å²) in [5, 5.41) is 13.3. The summed E-state index contributed by atoms with van der Waals surface area (Å²) in [5.41, 5.74) is 8.03. The number of rotatable bonds is 3. The summed E-state index contributed by atoms with van der Waals surface area (Å²) in [5.74, 6) is 0.990. The second kappa shape index (κ2) is 5.50. The largest absolute Gasteiger partial charge is 0.508 e. The lowest BCUT2D eigenvalue weighted by atomic mass is 10.2. The monoisotopic (exact) mass is 279 g/mol. The van der Waals surface area contributed by atoms with Gasteiger partial charge in [0.25, 0.3) is 5.89 Å². The Hall–Kier alpha value is -3.08. The Balaban J connectivity index is 1.80.